The van der Waals surface area contributed by atoms with Crippen LogP contribution in [0.3, 0.4) is 0 Å². The summed E-state index contributed by atoms with van der Waals surface area (Å²) in [6.07, 6.45) is 2.84. The second kappa shape index (κ2) is 7.01. The number of hydrogen-bond donors (Lipinski definition) is 0. The van der Waals surface area contributed by atoms with E-state index in [1.165, 1.54) is 22.5 Å². The van der Waals surface area contributed by atoms with Crippen LogP contribution in [0, 0.1) is 5.82 Å². The lowest BCUT2D eigenvalue weighted by Crippen LogP contribution is -2.37. The van der Waals surface area contributed by atoms with E-state index in [-0.39, 0.29) is 10.9 Å². The largest absolute Gasteiger partial charge is 0.243 e. The number of unbranched alkanes of at least 4 members (excludes halogenated alkanes) is 2. The Balaban J connectivity index is 2.99. The maximum atomic E-state index is 13.2. The van der Waals surface area contributed by atoms with Crippen molar-refractivity contribution in [3.8, 4) is 0 Å². The monoisotopic (exact) mass is 287 g/mol. The SMILES string of the molecule is CCCCCN(C(C)C)S(=O)(=O)c1cccc(F)c1. The van der Waals surface area contributed by atoms with E-state index in [1.54, 1.807) is 0 Å². The first-order valence-corrected chi connectivity index (χ1v) is 8.11. The highest BCUT2D eigenvalue weighted by Gasteiger charge is 2.26. The van der Waals surface area contributed by atoms with E-state index in [4.69, 9.17) is 0 Å². The minimum absolute atomic E-state index is 0.0256. The Morgan fingerprint density at radius 3 is 2.47 bits per heavy atom. The molecule has 1 aromatic carbocycles. The van der Waals surface area contributed by atoms with E-state index < -0.39 is 15.8 Å². The molecule has 108 valence electrons. The number of rotatable bonds is 7. The summed E-state index contributed by atoms with van der Waals surface area (Å²) in [4.78, 5) is 0.0256. The van der Waals surface area contributed by atoms with Crippen molar-refractivity contribution in [1.82, 2.24) is 4.31 Å². The highest BCUT2D eigenvalue weighted by atomic mass is 32.2. The molecule has 0 aliphatic carbocycles. The average molecular weight is 287 g/mol. The summed E-state index contributed by atoms with van der Waals surface area (Å²) in [6, 6.07) is 5.05. The molecule has 0 N–H and O–H groups in total. The third kappa shape index (κ3) is 4.28. The maximum absolute atomic E-state index is 13.2. The van der Waals surface area contributed by atoms with E-state index in [0.29, 0.717) is 6.54 Å². The van der Waals surface area contributed by atoms with Gasteiger partial charge in [0.25, 0.3) is 0 Å². The van der Waals surface area contributed by atoms with Gasteiger partial charge in [-0.25, -0.2) is 12.8 Å². The molecule has 0 saturated carbocycles. The van der Waals surface area contributed by atoms with E-state index in [1.807, 2.05) is 13.8 Å². The van der Waals surface area contributed by atoms with Gasteiger partial charge in [-0.1, -0.05) is 25.8 Å². The summed E-state index contributed by atoms with van der Waals surface area (Å²) in [7, 11) is -3.61. The van der Waals surface area contributed by atoms with Crippen molar-refractivity contribution >= 4 is 10.0 Å². The number of hydrogen-bond acceptors (Lipinski definition) is 2. The summed E-state index contributed by atoms with van der Waals surface area (Å²) in [5.74, 6) is -0.529. The molecular formula is C14H22FNO2S. The highest BCUT2D eigenvalue weighted by molar-refractivity contribution is 7.89. The van der Waals surface area contributed by atoms with Crippen LogP contribution in [0.5, 0.6) is 0 Å². The molecule has 0 heterocycles. The number of nitrogens with zero attached hydrogens (tertiary/aromatic N) is 1. The molecule has 0 aliphatic heterocycles. The van der Waals surface area contributed by atoms with E-state index >= 15 is 0 Å². The minimum atomic E-state index is -3.61. The molecule has 0 unspecified atom stereocenters. The van der Waals surface area contributed by atoms with Crippen LogP contribution in [0.15, 0.2) is 29.2 Å². The van der Waals surface area contributed by atoms with Crippen molar-refractivity contribution in [1.29, 1.82) is 0 Å². The summed E-state index contributed by atoms with van der Waals surface area (Å²) in [5, 5.41) is 0. The first-order chi connectivity index (χ1) is 8.89. The quantitative estimate of drug-likeness (QED) is 0.721. The lowest BCUT2D eigenvalue weighted by Gasteiger charge is -2.26. The highest BCUT2D eigenvalue weighted by Crippen LogP contribution is 2.19. The predicted molar refractivity (Wildman–Crippen MR) is 75.0 cm³/mol. The molecule has 1 aromatic rings. The molecule has 5 heteroatoms. The van der Waals surface area contributed by atoms with Crippen LogP contribution in [-0.4, -0.2) is 25.3 Å². The summed E-state index contributed by atoms with van der Waals surface area (Å²) in [6.45, 7) is 6.22. The molecule has 0 fully saturated rings. The van der Waals surface area contributed by atoms with E-state index in [2.05, 4.69) is 6.92 Å². The maximum Gasteiger partial charge on any atom is 0.243 e. The molecule has 0 atom stereocenters. The summed E-state index contributed by atoms with van der Waals surface area (Å²) >= 11 is 0. The zero-order valence-corrected chi connectivity index (χ0v) is 12.6. The van der Waals surface area contributed by atoms with Crippen LogP contribution < -0.4 is 0 Å². The zero-order valence-electron chi connectivity index (χ0n) is 11.8. The van der Waals surface area contributed by atoms with Crippen LogP contribution >= 0.6 is 0 Å². The van der Waals surface area contributed by atoms with Crippen LogP contribution in [0.25, 0.3) is 0 Å². The summed E-state index contributed by atoms with van der Waals surface area (Å²) in [5.41, 5.74) is 0. The first kappa shape index (κ1) is 16.1. The van der Waals surface area contributed by atoms with Crippen LogP contribution in [0.2, 0.25) is 0 Å². The first-order valence-electron chi connectivity index (χ1n) is 6.67. The number of benzene rings is 1. The Labute approximate surface area is 115 Å². The number of sulfonamides is 1. The minimum Gasteiger partial charge on any atom is -0.207 e. The third-order valence-electron chi connectivity index (χ3n) is 2.96. The molecule has 0 aliphatic rings. The standard InChI is InChI=1S/C14H22FNO2S/c1-4-5-6-10-16(12(2)3)19(17,18)14-9-7-8-13(15)11-14/h7-9,11-12H,4-6,10H2,1-3H3. The average Bonchev–Trinajstić information content (AvgIpc) is 2.34. The van der Waals surface area contributed by atoms with Crippen molar-refractivity contribution in [2.75, 3.05) is 6.54 Å². The topological polar surface area (TPSA) is 37.4 Å². The molecule has 0 radical (unpaired) electrons. The van der Waals surface area contributed by atoms with Crippen molar-refractivity contribution in [3.63, 3.8) is 0 Å². The van der Waals surface area contributed by atoms with Crippen LogP contribution in [0.4, 0.5) is 4.39 Å². The van der Waals surface area contributed by atoms with Crippen molar-refractivity contribution in [3.05, 3.63) is 30.1 Å². The molecule has 3 nitrogen and oxygen atoms in total. The Morgan fingerprint density at radius 1 is 1.26 bits per heavy atom. The molecule has 0 spiro atoms. The van der Waals surface area contributed by atoms with Gasteiger partial charge < -0.3 is 0 Å². The van der Waals surface area contributed by atoms with Crippen molar-refractivity contribution in [2.24, 2.45) is 0 Å². The molecule has 19 heavy (non-hydrogen) atoms. The lowest BCUT2D eigenvalue weighted by molar-refractivity contribution is 0.345. The van der Waals surface area contributed by atoms with Gasteiger partial charge in [0.2, 0.25) is 10.0 Å². The van der Waals surface area contributed by atoms with Gasteiger partial charge in [-0.15, -0.1) is 0 Å². The lowest BCUT2D eigenvalue weighted by atomic mass is 10.2. The molecule has 0 bridgehead atoms. The van der Waals surface area contributed by atoms with Gasteiger partial charge >= 0.3 is 0 Å². The molecule has 1 rings (SSSR count). The molecule has 0 amide bonds. The Morgan fingerprint density at radius 2 is 1.95 bits per heavy atom. The Kier molecular flexibility index (Phi) is 5.94. The van der Waals surface area contributed by atoms with Crippen molar-refractivity contribution in [2.45, 2.75) is 51.0 Å². The van der Waals surface area contributed by atoms with E-state index in [0.717, 1.165) is 25.3 Å². The Hall–Kier alpha value is -0.940. The molecule has 0 aromatic heterocycles. The van der Waals surface area contributed by atoms with Gasteiger partial charge in [0.15, 0.2) is 0 Å². The fourth-order valence-electron chi connectivity index (χ4n) is 1.94. The third-order valence-corrected chi connectivity index (χ3v) is 5.03. The van der Waals surface area contributed by atoms with Gasteiger partial charge in [0, 0.05) is 12.6 Å². The second-order valence-electron chi connectivity index (χ2n) is 4.87. The van der Waals surface area contributed by atoms with Crippen molar-refractivity contribution < 1.29 is 12.8 Å². The van der Waals surface area contributed by atoms with Gasteiger partial charge in [-0.05, 0) is 38.5 Å². The normalized spacial score (nSPS) is 12.3. The van der Waals surface area contributed by atoms with Crippen LogP contribution in [-0.2, 0) is 10.0 Å². The predicted octanol–water partition coefficient (Wildman–Crippen LogP) is 3.42. The van der Waals surface area contributed by atoms with Crippen LogP contribution in [0.1, 0.15) is 40.0 Å². The van der Waals surface area contributed by atoms with Gasteiger partial charge in [0.05, 0.1) is 4.90 Å². The number of halogens is 1. The molecule has 0 saturated heterocycles. The Bertz CT molecular complexity index is 500. The summed E-state index contributed by atoms with van der Waals surface area (Å²) < 4.78 is 39.6. The fourth-order valence-corrected chi connectivity index (χ4v) is 3.64. The van der Waals surface area contributed by atoms with Gasteiger partial charge in [0.1, 0.15) is 5.82 Å². The molecular weight excluding hydrogens is 265 g/mol. The van der Waals surface area contributed by atoms with Gasteiger partial charge in [-0.2, -0.15) is 4.31 Å². The second-order valence-corrected chi connectivity index (χ2v) is 6.76. The van der Waals surface area contributed by atoms with Gasteiger partial charge in [-0.3, -0.25) is 0 Å². The van der Waals surface area contributed by atoms with E-state index in [9.17, 15) is 12.8 Å². The fraction of sp³-hybridized carbons (Fsp3) is 0.571. The smallest absolute Gasteiger partial charge is 0.207 e. The zero-order chi connectivity index (χ0) is 14.5.